The molecule has 0 saturated carbocycles. The summed E-state index contributed by atoms with van der Waals surface area (Å²) in [7, 11) is 0. The highest BCUT2D eigenvalue weighted by molar-refractivity contribution is 7.98. The minimum atomic E-state index is 0.809. The lowest BCUT2D eigenvalue weighted by Gasteiger charge is -2.06. The number of aromatic nitrogens is 3. The first-order valence-corrected chi connectivity index (χ1v) is 6.55. The molecule has 0 atom stereocenters. The molecule has 17 heavy (non-hydrogen) atoms. The van der Waals surface area contributed by atoms with Gasteiger partial charge in [-0.25, -0.2) is 9.67 Å². The molecule has 2 rings (SSSR count). The maximum Gasteiger partial charge on any atom is 0.138 e. The molecule has 0 aliphatic heterocycles. The molecule has 0 amide bonds. The topological polar surface area (TPSA) is 56.7 Å². The van der Waals surface area contributed by atoms with Crippen LogP contribution >= 0.6 is 11.8 Å². The van der Waals surface area contributed by atoms with E-state index in [0.717, 1.165) is 23.8 Å². The van der Waals surface area contributed by atoms with Gasteiger partial charge in [0.2, 0.25) is 0 Å². The monoisotopic (exact) mass is 248 g/mol. The van der Waals surface area contributed by atoms with Crippen LogP contribution in [0.3, 0.4) is 0 Å². The summed E-state index contributed by atoms with van der Waals surface area (Å²) in [6.07, 6.45) is 1.61. The smallest absolute Gasteiger partial charge is 0.138 e. The van der Waals surface area contributed by atoms with Crippen molar-refractivity contribution in [3.8, 4) is 0 Å². The fraction of sp³-hybridized carbons (Fsp3) is 0.333. The van der Waals surface area contributed by atoms with Crippen LogP contribution in [-0.2, 0) is 12.3 Å². The molecule has 0 fully saturated rings. The van der Waals surface area contributed by atoms with Crippen LogP contribution in [0.1, 0.15) is 18.3 Å². The van der Waals surface area contributed by atoms with Crippen LogP contribution in [0, 0.1) is 6.92 Å². The largest absolute Gasteiger partial charge is 0.399 e. The second-order valence-corrected chi connectivity index (χ2v) is 4.82. The molecule has 1 aromatic heterocycles. The summed E-state index contributed by atoms with van der Waals surface area (Å²) >= 11 is 1.76. The molecule has 0 unspecified atom stereocenters. The Morgan fingerprint density at radius 3 is 2.94 bits per heavy atom. The zero-order valence-electron chi connectivity index (χ0n) is 10.1. The van der Waals surface area contributed by atoms with Gasteiger partial charge in [-0.1, -0.05) is 0 Å². The average molecular weight is 248 g/mol. The van der Waals surface area contributed by atoms with Crippen LogP contribution in [-0.4, -0.2) is 14.8 Å². The van der Waals surface area contributed by atoms with Crippen LogP contribution in [0.15, 0.2) is 29.4 Å². The van der Waals surface area contributed by atoms with E-state index < -0.39 is 0 Å². The summed E-state index contributed by atoms with van der Waals surface area (Å²) in [6.45, 7) is 5.00. The third-order valence-corrected chi connectivity index (χ3v) is 3.72. The molecule has 90 valence electrons. The maximum atomic E-state index is 5.73. The number of nitrogens with zero attached hydrogens (tertiary/aromatic N) is 3. The first-order chi connectivity index (χ1) is 8.20. The molecule has 4 nitrogen and oxygen atoms in total. The lowest BCUT2D eigenvalue weighted by atomic mass is 10.2. The molecule has 0 aliphatic carbocycles. The van der Waals surface area contributed by atoms with Gasteiger partial charge in [0.05, 0.1) is 5.75 Å². The zero-order valence-corrected chi connectivity index (χ0v) is 10.9. The number of hydrogen-bond donors (Lipinski definition) is 1. The van der Waals surface area contributed by atoms with Gasteiger partial charge >= 0.3 is 0 Å². The zero-order chi connectivity index (χ0) is 12.3. The Labute approximate surface area is 105 Å². The third kappa shape index (κ3) is 2.79. The fourth-order valence-corrected chi connectivity index (χ4v) is 2.60. The molecule has 0 saturated heterocycles. The van der Waals surface area contributed by atoms with Gasteiger partial charge in [-0.3, -0.25) is 0 Å². The normalized spacial score (nSPS) is 10.7. The SMILES string of the molecule is CCn1ncnc1CSc1ccc(N)cc1C. The molecule has 0 spiro atoms. The molecule has 0 radical (unpaired) electrons. The molecular weight excluding hydrogens is 232 g/mol. The molecule has 5 heteroatoms. The number of nitrogens with two attached hydrogens (primary N) is 1. The van der Waals surface area contributed by atoms with Crippen molar-refractivity contribution in [2.24, 2.45) is 0 Å². The number of hydrogen-bond acceptors (Lipinski definition) is 4. The van der Waals surface area contributed by atoms with Crippen molar-refractivity contribution in [2.45, 2.75) is 31.0 Å². The molecular formula is C12H16N4S. The summed E-state index contributed by atoms with van der Waals surface area (Å²) in [4.78, 5) is 5.50. The second kappa shape index (κ2) is 5.23. The maximum absolute atomic E-state index is 5.73. The number of benzene rings is 1. The Morgan fingerprint density at radius 1 is 1.41 bits per heavy atom. The Bertz CT molecular complexity index is 507. The molecule has 1 heterocycles. The van der Waals surface area contributed by atoms with E-state index in [9.17, 15) is 0 Å². The van der Waals surface area contributed by atoms with E-state index in [0.29, 0.717) is 0 Å². The van der Waals surface area contributed by atoms with Crippen LogP contribution < -0.4 is 5.73 Å². The Balaban J connectivity index is 2.07. The standard InChI is InChI=1S/C12H16N4S/c1-3-16-12(14-8-15-16)7-17-11-5-4-10(13)6-9(11)2/h4-6,8H,3,7,13H2,1-2H3. The van der Waals surface area contributed by atoms with Gasteiger partial charge in [0.15, 0.2) is 0 Å². The molecule has 0 bridgehead atoms. The lowest BCUT2D eigenvalue weighted by molar-refractivity contribution is 0.632. The highest BCUT2D eigenvalue weighted by Gasteiger charge is 2.05. The predicted molar refractivity (Wildman–Crippen MR) is 70.8 cm³/mol. The van der Waals surface area contributed by atoms with Gasteiger partial charge in [-0.05, 0) is 37.6 Å². The minimum Gasteiger partial charge on any atom is -0.399 e. The van der Waals surface area contributed by atoms with E-state index in [2.05, 4.69) is 30.0 Å². The fourth-order valence-electron chi connectivity index (χ4n) is 1.64. The van der Waals surface area contributed by atoms with Crippen LogP contribution in [0.2, 0.25) is 0 Å². The van der Waals surface area contributed by atoms with E-state index >= 15 is 0 Å². The summed E-state index contributed by atoms with van der Waals surface area (Å²) < 4.78 is 1.92. The average Bonchev–Trinajstić information content (AvgIpc) is 2.75. The van der Waals surface area contributed by atoms with Crippen molar-refractivity contribution in [1.29, 1.82) is 0 Å². The van der Waals surface area contributed by atoms with Crippen LogP contribution in [0.5, 0.6) is 0 Å². The van der Waals surface area contributed by atoms with Crippen molar-refractivity contribution >= 4 is 17.4 Å². The number of rotatable bonds is 4. The van der Waals surface area contributed by atoms with Crippen molar-refractivity contribution in [1.82, 2.24) is 14.8 Å². The van der Waals surface area contributed by atoms with Crippen LogP contribution in [0.4, 0.5) is 5.69 Å². The van der Waals surface area contributed by atoms with Crippen LogP contribution in [0.25, 0.3) is 0 Å². The first-order valence-electron chi connectivity index (χ1n) is 5.56. The summed E-state index contributed by atoms with van der Waals surface area (Å²) in [5.41, 5.74) is 7.74. The Hall–Kier alpha value is -1.49. The highest BCUT2D eigenvalue weighted by atomic mass is 32.2. The summed E-state index contributed by atoms with van der Waals surface area (Å²) in [5, 5.41) is 4.16. The van der Waals surface area contributed by atoms with E-state index in [1.165, 1.54) is 10.5 Å². The third-order valence-electron chi connectivity index (χ3n) is 2.55. The first kappa shape index (κ1) is 12.0. The number of nitrogen functional groups attached to an aromatic ring is 1. The minimum absolute atomic E-state index is 0.809. The number of aryl methyl sites for hydroxylation is 2. The van der Waals surface area contributed by atoms with E-state index in [4.69, 9.17) is 5.73 Å². The Morgan fingerprint density at radius 2 is 2.24 bits per heavy atom. The van der Waals surface area contributed by atoms with E-state index in [1.807, 2.05) is 16.8 Å². The van der Waals surface area contributed by atoms with Gasteiger partial charge < -0.3 is 5.73 Å². The quantitative estimate of drug-likeness (QED) is 0.667. The van der Waals surface area contributed by atoms with Gasteiger partial charge in [0.1, 0.15) is 12.2 Å². The van der Waals surface area contributed by atoms with Crippen molar-refractivity contribution in [3.63, 3.8) is 0 Å². The van der Waals surface area contributed by atoms with Gasteiger partial charge in [0.25, 0.3) is 0 Å². The van der Waals surface area contributed by atoms with Gasteiger partial charge in [-0.15, -0.1) is 11.8 Å². The summed E-state index contributed by atoms with van der Waals surface area (Å²) in [5.74, 6) is 1.84. The Kier molecular flexibility index (Phi) is 3.68. The van der Waals surface area contributed by atoms with E-state index in [1.54, 1.807) is 18.1 Å². The number of anilines is 1. The molecule has 0 aliphatic rings. The van der Waals surface area contributed by atoms with Crippen molar-refractivity contribution in [3.05, 3.63) is 35.9 Å². The predicted octanol–water partition coefficient (Wildman–Crippen LogP) is 2.48. The highest BCUT2D eigenvalue weighted by Crippen LogP contribution is 2.26. The van der Waals surface area contributed by atoms with Gasteiger partial charge in [-0.2, -0.15) is 5.10 Å². The second-order valence-electron chi connectivity index (χ2n) is 3.81. The number of thioether (sulfide) groups is 1. The van der Waals surface area contributed by atoms with Crippen molar-refractivity contribution in [2.75, 3.05) is 5.73 Å². The molecule has 1 aromatic carbocycles. The van der Waals surface area contributed by atoms with Crippen molar-refractivity contribution < 1.29 is 0 Å². The summed E-state index contributed by atoms with van der Waals surface area (Å²) in [6, 6.07) is 5.98. The lowest BCUT2D eigenvalue weighted by Crippen LogP contribution is -2.02. The molecule has 2 aromatic rings. The van der Waals surface area contributed by atoms with Gasteiger partial charge in [0, 0.05) is 17.1 Å². The van der Waals surface area contributed by atoms with E-state index in [-0.39, 0.29) is 0 Å². The molecule has 2 N–H and O–H groups in total.